The second-order valence-corrected chi connectivity index (χ2v) is 8.80. The lowest BCUT2D eigenvalue weighted by Crippen LogP contribution is -2.12. The maximum absolute atomic E-state index is 13.5. The number of rotatable bonds is 5. The van der Waals surface area contributed by atoms with Crippen LogP contribution in [-0.2, 0) is 22.9 Å². The molecule has 5 rings (SSSR count). The van der Waals surface area contributed by atoms with Gasteiger partial charge in [-0.15, -0.1) is 0 Å². The molecule has 0 amide bonds. The number of nitrogens with zero attached hydrogens (tertiary/aromatic N) is 2. The largest absolute Gasteiger partial charge is 0.351 e. The maximum atomic E-state index is 13.5. The van der Waals surface area contributed by atoms with Crippen molar-refractivity contribution in [2.45, 2.75) is 17.7 Å². The monoisotopic (exact) mass is 401 g/mol. The smallest absolute Gasteiger partial charge is 0.268 e. The van der Waals surface area contributed by atoms with Crippen molar-refractivity contribution >= 4 is 31.8 Å². The van der Waals surface area contributed by atoms with Crippen LogP contribution in [0.5, 0.6) is 0 Å². The molecule has 29 heavy (non-hydrogen) atoms. The van der Waals surface area contributed by atoms with Crippen LogP contribution in [0.2, 0.25) is 0 Å². The van der Waals surface area contributed by atoms with Gasteiger partial charge in [0.25, 0.3) is 10.0 Å². The van der Waals surface area contributed by atoms with Crippen molar-refractivity contribution in [3.63, 3.8) is 0 Å². The topological polar surface area (TPSA) is 67.8 Å². The highest BCUT2D eigenvalue weighted by atomic mass is 32.2. The first-order valence-corrected chi connectivity index (χ1v) is 10.9. The Morgan fingerprint density at radius 1 is 0.828 bits per heavy atom. The number of fused-ring (bicyclic) bond motifs is 3. The van der Waals surface area contributed by atoms with Crippen molar-refractivity contribution in [2.24, 2.45) is 0 Å². The molecule has 0 atom stereocenters. The van der Waals surface area contributed by atoms with E-state index in [1.54, 1.807) is 30.6 Å². The predicted octanol–water partition coefficient (Wildman–Crippen LogP) is 4.54. The average molecular weight is 401 g/mol. The van der Waals surface area contributed by atoms with Crippen molar-refractivity contribution < 1.29 is 8.42 Å². The number of imidazole rings is 1. The van der Waals surface area contributed by atoms with Crippen molar-refractivity contribution in [1.29, 1.82) is 0 Å². The molecule has 0 fully saturated rings. The molecule has 0 aliphatic rings. The average Bonchev–Trinajstić information content (AvgIpc) is 3.38. The van der Waals surface area contributed by atoms with Crippen molar-refractivity contribution in [3.05, 3.63) is 96.6 Å². The van der Waals surface area contributed by atoms with E-state index in [4.69, 9.17) is 0 Å². The number of aromatic amines is 1. The molecular weight excluding hydrogens is 382 g/mol. The molecular formula is C23H19N3O2S. The van der Waals surface area contributed by atoms with Gasteiger partial charge < -0.3 is 4.98 Å². The van der Waals surface area contributed by atoms with E-state index in [-0.39, 0.29) is 4.90 Å². The van der Waals surface area contributed by atoms with E-state index >= 15 is 0 Å². The Balaban J connectivity index is 1.71. The van der Waals surface area contributed by atoms with Crippen LogP contribution in [0, 0.1) is 0 Å². The Hall–Kier alpha value is -3.38. The molecule has 5 nitrogen and oxygen atoms in total. The van der Waals surface area contributed by atoms with Crippen LogP contribution in [0.25, 0.3) is 21.8 Å². The minimum atomic E-state index is -3.72. The second-order valence-electron chi connectivity index (χ2n) is 7.01. The quantitative estimate of drug-likeness (QED) is 0.470. The molecule has 0 saturated heterocycles. The third-order valence-electron chi connectivity index (χ3n) is 5.20. The highest BCUT2D eigenvalue weighted by molar-refractivity contribution is 7.90. The fourth-order valence-electron chi connectivity index (χ4n) is 3.79. The zero-order chi connectivity index (χ0) is 19.8. The molecule has 0 saturated carbocycles. The Morgan fingerprint density at radius 3 is 2.38 bits per heavy atom. The number of nitrogens with one attached hydrogen (secondary N) is 1. The second kappa shape index (κ2) is 6.90. The molecule has 0 radical (unpaired) electrons. The molecule has 1 N–H and O–H groups in total. The Labute approximate surface area is 168 Å². The lowest BCUT2D eigenvalue weighted by molar-refractivity contribution is 0.590. The zero-order valence-electron chi connectivity index (χ0n) is 15.6. The van der Waals surface area contributed by atoms with Gasteiger partial charge in [-0.3, -0.25) is 0 Å². The first kappa shape index (κ1) is 17.7. The van der Waals surface area contributed by atoms with Gasteiger partial charge in [0.1, 0.15) is 0 Å². The van der Waals surface area contributed by atoms with Gasteiger partial charge in [0, 0.05) is 17.0 Å². The molecule has 3 aromatic carbocycles. The third kappa shape index (κ3) is 3.02. The molecule has 2 aromatic heterocycles. The standard InChI is InChI=1S/C23H19N3O2S/c27-29(28,19-6-2-1-3-7-19)26-22-9-5-4-8-20(22)21-13-11-17(14-23(21)26)10-12-18-15-24-16-25-18/h1-9,11,13-16H,10,12H2,(H,24,25). The summed E-state index contributed by atoms with van der Waals surface area (Å²) in [6.45, 7) is 0. The summed E-state index contributed by atoms with van der Waals surface area (Å²) in [4.78, 5) is 7.52. The molecule has 0 unspecified atom stereocenters. The van der Waals surface area contributed by atoms with Crippen LogP contribution in [0.15, 0.2) is 90.2 Å². The maximum Gasteiger partial charge on any atom is 0.268 e. The van der Waals surface area contributed by atoms with Gasteiger partial charge in [-0.1, -0.05) is 48.5 Å². The van der Waals surface area contributed by atoms with E-state index in [2.05, 4.69) is 16.0 Å². The number of hydrogen-bond donors (Lipinski definition) is 1. The Morgan fingerprint density at radius 2 is 1.59 bits per heavy atom. The van der Waals surface area contributed by atoms with Gasteiger partial charge in [-0.25, -0.2) is 17.4 Å². The molecule has 144 valence electrons. The SMILES string of the molecule is O=S(=O)(c1ccccc1)n1c2ccccc2c2ccc(CCc3c[nH]cn3)cc21. The molecule has 6 heteroatoms. The molecule has 0 aliphatic carbocycles. The summed E-state index contributed by atoms with van der Waals surface area (Å²) >= 11 is 0. The van der Waals surface area contributed by atoms with Crippen LogP contribution in [0.1, 0.15) is 11.3 Å². The number of aromatic nitrogens is 3. The first-order chi connectivity index (χ1) is 14.1. The van der Waals surface area contributed by atoms with Crippen molar-refractivity contribution in [2.75, 3.05) is 0 Å². The van der Waals surface area contributed by atoms with Gasteiger partial charge in [-0.05, 0) is 42.7 Å². The molecule has 5 aromatic rings. The molecule has 0 aliphatic heterocycles. The fraction of sp³-hybridized carbons (Fsp3) is 0.0870. The lowest BCUT2D eigenvalue weighted by atomic mass is 10.1. The summed E-state index contributed by atoms with van der Waals surface area (Å²) in [5.41, 5.74) is 3.46. The van der Waals surface area contributed by atoms with Gasteiger partial charge in [-0.2, -0.15) is 0 Å². The van der Waals surface area contributed by atoms with Gasteiger partial charge in [0.2, 0.25) is 0 Å². The Kier molecular flexibility index (Phi) is 4.21. The van der Waals surface area contributed by atoms with E-state index < -0.39 is 10.0 Å². The molecule has 0 spiro atoms. The molecule has 0 bridgehead atoms. The van der Waals surface area contributed by atoms with Crippen LogP contribution in [0.3, 0.4) is 0 Å². The van der Waals surface area contributed by atoms with Crippen LogP contribution in [0.4, 0.5) is 0 Å². The van der Waals surface area contributed by atoms with Gasteiger partial charge in [0.05, 0.1) is 28.0 Å². The highest BCUT2D eigenvalue weighted by Gasteiger charge is 2.23. The van der Waals surface area contributed by atoms with Crippen LogP contribution < -0.4 is 0 Å². The van der Waals surface area contributed by atoms with Gasteiger partial charge in [0.15, 0.2) is 0 Å². The van der Waals surface area contributed by atoms with E-state index in [9.17, 15) is 8.42 Å². The summed E-state index contributed by atoms with van der Waals surface area (Å²) in [5, 5.41) is 1.87. The Bertz CT molecular complexity index is 1400. The normalized spacial score (nSPS) is 12.0. The van der Waals surface area contributed by atoms with E-state index in [0.717, 1.165) is 34.9 Å². The van der Waals surface area contributed by atoms with Crippen LogP contribution >= 0.6 is 0 Å². The summed E-state index contributed by atoms with van der Waals surface area (Å²) in [7, 11) is -3.72. The summed E-state index contributed by atoms with van der Waals surface area (Å²) in [6, 6.07) is 22.3. The van der Waals surface area contributed by atoms with Crippen molar-refractivity contribution in [3.8, 4) is 0 Å². The fourth-order valence-corrected chi connectivity index (χ4v) is 5.33. The minimum absolute atomic E-state index is 0.282. The van der Waals surface area contributed by atoms with E-state index in [0.29, 0.717) is 11.0 Å². The molecule has 2 heterocycles. The number of hydrogen-bond acceptors (Lipinski definition) is 3. The van der Waals surface area contributed by atoms with E-state index in [1.807, 2.05) is 48.7 Å². The lowest BCUT2D eigenvalue weighted by Gasteiger charge is -2.10. The van der Waals surface area contributed by atoms with Gasteiger partial charge >= 0.3 is 0 Å². The number of benzene rings is 3. The first-order valence-electron chi connectivity index (χ1n) is 9.45. The zero-order valence-corrected chi connectivity index (χ0v) is 16.4. The third-order valence-corrected chi connectivity index (χ3v) is 6.94. The van der Waals surface area contributed by atoms with Crippen molar-refractivity contribution in [1.82, 2.24) is 13.9 Å². The number of H-pyrrole nitrogens is 1. The predicted molar refractivity (Wildman–Crippen MR) is 114 cm³/mol. The summed E-state index contributed by atoms with van der Waals surface area (Å²) in [5.74, 6) is 0. The van der Waals surface area contributed by atoms with E-state index in [1.165, 1.54) is 3.97 Å². The summed E-state index contributed by atoms with van der Waals surface area (Å²) in [6.07, 6.45) is 5.13. The highest BCUT2D eigenvalue weighted by Crippen LogP contribution is 2.33. The minimum Gasteiger partial charge on any atom is -0.351 e. The number of para-hydroxylation sites is 1. The van der Waals surface area contributed by atoms with Crippen LogP contribution in [-0.4, -0.2) is 22.4 Å². The number of aryl methyl sites for hydroxylation is 2. The summed E-state index contributed by atoms with van der Waals surface area (Å²) < 4.78 is 28.5.